The Balaban J connectivity index is 1.86. The Hall–Kier alpha value is -2.35. The van der Waals surface area contributed by atoms with Gasteiger partial charge in [-0.15, -0.1) is 0 Å². The van der Waals surface area contributed by atoms with Crippen LogP contribution in [0, 0.1) is 22.7 Å². The van der Waals surface area contributed by atoms with Crippen molar-refractivity contribution < 1.29 is 9.26 Å². The predicted octanol–water partition coefficient (Wildman–Crippen LogP) is 3.01. The lowest BCUT2D eigenvalue weighted by Crippen LogP contribution is -1.90. The summed E-state index contributed by atoms with van der Waals surface area (Å²) in [6.07, 6.45) is 0. The molecule has 0 spiro atoms. The van der Waals surface area contributed by atoms with Crippen LogP contribution >= 0.6 is 0 Å². The van der Waals surface area contributed by atoms with Gasteiger partial charge in [0.15, 0.2) is 0 Å². The Morgan fingerprint density at radius 1 is 1.30 bits per heavy atom. The van der Waals surface area contributed by atoms with Crippen molar-refractivity contribution in [2.45, 2.75) is 19.8 Å². The quantitative estimate of drug-likeness (QED) is 0.856. The van der Waals surface area contributed by atoms with Crippen LogP contribution in [-0.2, 0) is 0 Å². The molecule has 0 amide bonds. The van der Waals surface area contributed by atoms with Gasteiger partial charge < -0.3 is 9.26 Å². The van der Waals surface area contributed by atoms with Crippen LogP contribution in [0.25, 0.3) is 11.4 Å². The van der Waals surface area contributed by atoms with E-state index in [0.717, 1.165) is 11.3 Å². The minimum Gasteiger partial charge on any atom is -0.497 e. The highest BCUT2D eigenvalue weighted by Gasteiger charge is 2.62. The van der Waals surface area contributed by atoms with E-state index in [2.05, 4.69) is 16.2 Å². The van der Waals surface area contributed by atoms with Crippen molar-refractivity contribution in [1.29, 1.82) is 5.26 Å². The lowest BCUT2D eigenvalue weighted by atomic mass is 10.1. The van der Waals surface area contributed by atoms with Gasteiger partial charge in [-0.3, -0.25) is 0 Å². The van der Waals surface area contributed by atoms with Crippen molar-refractivity contribution in [2.75, 3.05) is 7.11 Å². The van der Waals surface area contributed by atoms with Gasteiger partial charge >= 0.3 is 0 Å². The fourth-order valence-electron chi connectivity index (χ4n) is 2.56. The molecule has 1 fully saturated rings. The number of nitriles is 1. The van der Waals surface area contributed by atoms with E-state index in [9.17, 15) is 0 Å². The molecule has 1 saturated carbocycles. The smallest absolute Gasteiger partial charge is 0.232 e. The molecule has 1 heterocycles. The molecular formula is C15H15N3O2. The molecule has 2 aromatic rings. The molecule has 2 unspecified atom stereocenters. The summed E-state index contributed by atoms with van der Waals surface area (Å²) in [4.78, 5) is 4.42. The van der Waals surface area contributed by atoms with E-state index in [1.165, 1.54) is 0 Å². The van der Waals surface area contributed by atoms with Crippen LogP contribution in [0.3, 0.4) is 0 Å². The molecule has 1 aliphatic rings. The van der Waals surface area contributed by atoms with Crippen LogP contribution in [0.1, 0.15) is 25.7 Å². The van der Waals surface area contributed by atoms with Gasteiger partial charge in [0, 0.05) is 5.56 Å². The average Bonchev–Trinajstić information content (AvgIpc) is 2.81. The van der Waals surface area contributed by atoms with E-state index >= 15 is 0 Å². The summed E-state index contributed by atoms with van der Waals surface area (Å²) in [6, 6.07) is 9.77. The lowest BCUT2D eigenvalue weighted by Gasteiger charge is -1.99. The minimum absolute atomic E-state index is 0.0343. The van der Waals surface area contributed by atoms with Gasteiger partial charge in [0.1, 0.15) is 5.75 Å². The second-order valence-electron chi connectivity index (χ2n) is 5.59. The summed E-state index contributed by atoms with van der Waals surface area (Å²) in [7, 11) is 1.62. The Morgan fingerprint density at radius 3 is 2.55 bits per heavy atom. The van der Waals surface area contributed by atoms with Gasteiger partial charge in [0.2, 0.25) is 11.7 Å². The predicted molar refractivity (Wildman–Crippen MR) is 71.9 cm³/mol. The molecule has 0 aliphatic heterocycles. The Morgan fingerprint density at radius 2 is 2.00 bits per heavy atom. The first-order valence-electron chi connectivity index (χ1n) is 6.45. The van der Waals surface area contributed by atoms with E-state index in [4.69, 9.17) is 14.5 Å². The van der Waals surface area contributed by atoms with Gasteiger partial charge in [-0.2, -0.15) is 10.2 Å². The van der Waals surface area contributed by atoms with Crippen molar-refractivity contribution in [3.05, 3.63) is 30.2 Å². The third-order valence-corrected chi connectivity index (χ3v) is 4.02. The molecule has 1 aromatic heterocycles. The second-order valence-corrected chi connectivity index (χ2v) is 5.59. The SMILES string of the molecule is COc1ccc(-c2noc(C3C(C#N)C3(C)C)n2)cc1. The fourth-order valence-corrected chi connectivity index (χ4v) is 2.56. The summed E-state index contributed by atoms with van der Waals surface area (Å²) in [5.74, 6) is 1.86. The number of hydrogen-bond acceptors (Lipinski definition) is 5. The molecule has 1 aliphatic carbocycles. The monoisotopic (exact) mass is 269 g/mol. The maximum absolute atomic E-state index is 9.10. The molecule has 0 N–H and O–H groups in total. The van der Waals surface area contributed by atoms with Crippen LogP contribution in [0.4, 0.5) is 0 Å². The van der Waals surface area contributed by atoms with Gasteiger partial charge in [0.25, 0.3) is 0 Å². The number of ether oxygens (including phenoxy) is 1. The highest BCUT2D eigenvalue weighted by Crippen LogP contribution is 2.63. The first-order valence-corrected chi connectivity index (χ1v) is 6.45. The summed E-state index contributed by atoms with van der Waals surface area (Å²) < 4.78 is 10.4. The molecule has 0 bridgehead atoms. The molecular weight excluding hydrogens is 254 g/mol. The number of hydrogen-bond donors (Lipinski definition) is 0. The minimum atomic E-state index is -0.0849. The van der Waals surface area contributed by atoms with E-state index in [1.807, 2.05) is 38.1 Å². The van der Waals surface area contributed by atoms with E-state index in [1.54, 1.807) is 7.11 Å². The Bertz CT molecular complexity index is 667. The van der Waals surface area contributed by atoms with Crippen molar-refractivity contribution in [1.82, 2.24) is 10.1 Å². The molecule has 0 radical (unpaired) electrons. The molecule has 1 aromatic carbocycles. The van der Waals surface area contributed by atoms with Gasteiger partial charge in [-0.25, -0.2) is 0 Å². The second kappa shape index (κ2) is 4.34. The topological polar surface area (TPSA) is 71.9 Å². The molecule has 102 valence electrons. The van der Waals surface area contributed by atoms with Crippen molar-refractivity contribution in [3.8, 4) is 23.2 Å². The number of rotatable bonds is 3. The maximum Gasteiger partial charge on any atom is 0.232 e. The fraction of sp³-hybridized carbons (Fsp3) is 0.400. The summed E-state index contributed by atoms with van der Waals surface area (Å²) in [5, 5.41) is 13.1. The Kier molecular flexibility index (Phi) is 2.75. The van der Waals surface area contributed by atoms with Crippen molar-refractivity contribution in [2.24, 2.45) is 11.3 Å². The molecule has 0 saturated heterocycles. The zero-order valence-electron chi connectivity index (χ0n) is 11.6. The molecule has 5 nitrogen and oxygen atoms in total. The first kappa shape index (κ1) is 12.7. The third kappa shape index (κ3) is 1.85. The largest absolute Gasteiger partial charge is 0.497 e. The summed E-state index contributed by atoms with van der Waals surface area (Å²) >= 11 is 0. The molecule has 20 heavy (non-hydrogen) atoms. The Labute approximate surface area is 117 Å². The zero-order chi connectivity index (χ0) is 14.3. The summed E-state index contributed by atoms with van der Waals surface area (Å²) in [6.45, 7) is 4.09. The number of aromatic nitrogens is 2. The number of benzene rings is 1. The van der Waals surface area contributed by atoms with Crippen molar-refractivity contribution >= 4 is 0 Å². The highest BCUT2D eigenvalue weighted by molar-refractivity contribution is 5.55. The molecule has 2 atom stereocenters. The normalized spacial score (nSPS) is 23.1. The molecule has 5 heteroatoms. The van der Waals surface area contributed by atoms with Crippen LogP contribution in [0.5, 0.6) is 5.75 Å². The van der Waals surface area contributed by atoms with Crippen LogP contribution in [0.2, 0.25) is 0 Å². The summed E-state index contributed by atoms with van der Waals surface area (Å²) in [5.41, 5.74) is 0.783. The van der Waals surface area contributed by atoms with Gasteiger partial charge in [-0.05, 0) is 29.7 Å². The number of nitrogens with zero attached hydrogens (tertiary/aromatic N) is 3. The van der Waals surface area contributed by atoms with Crippen LogP contribution in [-0.4, -0.2) is 17.3 Å². The standard InChI is InChI=1S/C15H15N3O2/c1-15(2)11(8-16)12(15)14-17-13(18-20-14)9-4-6-10(19-3)7-5-9/h4-7,11-12H,1-3H3. The van der Waals surface area contributed by atoms with Crippen molar-refractivity contribution in [3.63, 3.8) is 0 Å². The average molecular weight is 269 g/mol. The first-order chi connectivity index (χ1) is 9.57. The van der Waals surface area contributed by atoms with E-state index in [-0.39, 0.29) is 17.3 Å². The zero-order valence-corrected chi connectivity index (χ0v) is 11.6. The number of methoxy groups -OCH3 is 1. The lowest BCUT2D eigenvalue weighted by molar-refractivity contribution is 0.368. The van der Waals surface area contributed by atoms with Gasteiger partial charge in [-0.1, -0.05) is 19.0 Å². The van der Waals surface area contributed by atoms with Crippen LogP contribution in [0.15, 0.2) is 28.8 Å². The molecule has 3 rings (SSSR count). The van der Waals surface area contributed by atoms with E-state index < -0.39 is 0 Å². The highest BCUT2D eigenvalue weighted by atomic mass is 16.5. The van der Waals surface area contributed by atoms with Crippen LogP contribution < -0.4 is 4.74 Å². The van der Waals surface area contributed by atoms with Gasteiger partial charge in [0.05, 0.1) is 25.0 Å². The maximum atomic E-state index is 9.10. The third-order valence-electron chi connectivity index (χ3n) is 4.02. The van der Waals surface area contributed by atoms with E-state index in [0.29, 0.717) is 11.7 Å².